The quantitative estimate of drug-likeness (QED) is 0.498. The van der Waals surface area contributed by atoms with Crippen molar-refractivity contribution in [2.24, 2.45) is 11.3 Å². The number of nitrogens with one attached hydrogen (secondary N) is 1. The zero-order valence-electron chi connectivity index (χ0n) is 21.1. The van der Waals surface area contributed by atoms with E-state index in [1.54, 1.807) is 11.3 Å². The van der Waals surface area contributed by atoms with Crippen LogP contribution < -0.4 is 0 Å². The summed E-state index contributed by atoms with van der Waals surface area (Å²) in [5, 5.41) is 0.993. The normalized spacial score (nSPS) is 20.6. The number of aryl methyl sites for hydroxylation is 2. The SMILES string of the molecule is Cc1cc(C(=O)N2C[C@@H]3C[C@H]2CN3C(=O)[C@@H](CC(=O)c2cc3ccccc3[nH]2)C(C)(C)C)sc1C. The second-order valence-electron chi connectivity index (χ2n) is 11.2. The summed E-state index contributed by atoms with van der Waals surface area (Å²) in [6, 6.07) is 11.7. The van der Waals surface area contributed by atoms with Crippen LogP contribution in [-0.4, -0.2) is 57.6 Å². The first kappa shape index (κ1) is 23.8. The summed E-state index contributed by atoms with van der Waals surface area (Å²) in [6.45, 7) is 11.3. The molecule has 0 unspecified atom stereocenters. The molecule has 0 spiro atoms. The minimum absolute atomic E-state index is 0.0200. The number of hydrogen-bond acceptors (Lipinski definition) is 4. The molecule has 2 aromatic heterocycles. The number of rotatable bonds is 5. The van der Waals surface area contributed by atoms with E-state index in [1.165, 1.54) is 4.88 Å². The van der Waals surface area contributed by atoms with Gasteiger partial charge in [0.15, 0.2) is 5.78 Å². The molecule has 1 N–H and O–H groups in total. The molecule has 6 nitrogen and oxygen atoms in total. The van der Waals surface area contributed by atoms with Gasteiger partial charge >= 0.3 is 0 Å². The van der Waals surface area contributed by atoms with E-state index < -0.39 is 5.92 Å². The number of nitrogens with zero attached hydrogens (tertiary/aromatic N) is 2. The van der Waals surface area contributed by atoms with E-state index in [1.807, 2.05) is 80.8 Å². The van der Waals surface area contributed by atoms with Crippen LogP contribution in [0.3, 0.4) is 0 Å². The number of fused-ring (bicyclic) bond motifs is 3. The maximum atomic E-state index is 13.8. The number of benzene rings is 1. The van der Waals surface area contributed by atoms with E-state index in [-0.39, 0.29) is 41.5 Å². The summed E-state index contributed by atoms with van der Waals surface area (Å²) in [4.78, 5) is 49.2. The lowest BCUT2D eigenvalue weighted by Gasteiger charge is -2.39. The lowest BCUT2D eigenvalue weighted by Crippen LogP contribution is -2.53. The highest BCUT2D eigenvalue weighted by Gasteiger charge is 2.50. The Bertz CT molecular complexity index is 1260. The number of thiophene rings is 1. The Morgan fingerprint density at radius 3 is 2.34 bits per heavy atom. The van der Waals surface area contributed by atoms with Gasteiger partial charge in [0.05, 0.1) is 28.6 Å². The van der Waals surface area contributed by atoms with E-state index in [2.05, 4.69) is 4.98 Å². The Balaban J connectivity index is 1.30. The zero-order valence-corrected chi connectivity index (χ0v) is 21.9. The number of hydrogen-bond donors (Lipinski definition) is 1. The maximum absolute atomic E-state index is 13.8. The van der Waals surface area contributed by atoms with Gasteiger partial charge in [-0.2, -0.15) is 0 Å². The number of piperazine rings is 1. The van der Waals surface area contributed by atoms with Crippen molar-refractivity contribution in [1.82, 2.24) is 14.8 Å². The zero-order chi connectivity index (χ0) is 25.1. The Kier molecular flexibility index (Phi) is 5.86. The van der Waals surface area contributed by atoms with Crippen LogP contribution in [0.5, 0.6) is 0 Å². The van der Waals surface area contributed by atoms with Crippen molar-refractivity contribution in [2.75, 3.05) is 13.1 Å². The fourth-order valence-corrected chi connectivity index (χ4v) is 6.48. The van der Waals surface area contributed by atoms with Gasteiger partial charge in [-0.15, -0.1) is 11.3 Å². The molecule has 2 aliphatic heterocycles. The summed E-state index contributed by atoms with van der Waals surface area (Å²) in [6.07, 6.45) is 0.979. The number of amides is 2. The van der Waals surface area contributed by atoms with E-state index in [0.717, 1.165) is 27.8 Å². The largest absolute Gasteiger partial charge is 0.352 e. The predicted octanol–water partition coefficient (Wildman–Crippen LogP) is 5.21. The summed E-state index contributed by atoms with van der Waals surface area (Å²) in [5.74, 6) is -0.358. The van der Waals surface area contributed by atoms with E-state index >= 15 is 0 Å². The molecule has 35 heavy (non-hydrogen) atoms. The molecule has 0 saturated carbocycles. The van der Waals surface area contributed by atoms with Crippen molar-refractivity contribution in [2.45, 2.75) is 59.5 Å². The number of carbonyl (C=O) groups excluding carboxylic acids is 3. The van der Waals surface area contributed by atoms with Crippen LogP contribution in [0.25, 0.3) is 10.9 Å². The first-order valence-electron chi connectivity index (χ1n) is 12.3. The fourth-order valence-electron chi connectivity index (χ4n) is 5.49. The van der Waals surface area contributed by atoms with Gasteiger partial charge in [-0.05, 0) is 49.4 Å². The average molecular weight is 492 g/mol. The Labute approximate surface area is 210 Å². The van der Waals surface area contributed by atoms with Crippen LogP contribution in [0.2, 0.25) is 0 Å². The van der Waals surface area contributed by atoms with Crippen LogP contribution in [0.15, 0.2) is 36.4 Å². The molecule has 4 heterocycles. The van der Waals surface area contributed by atoms with Crippen LogP contribution in [-0.2, 0) is 4.79 Å². The lowest BCUT2D eigenvalue weighted by molar-refractivity contribution is -0.141. The molecule has 3 atom stereocenters. The molecule has 1 aromatic carbocycles. The van der Waals surface area contributed by atoms with Gasteiger partial charge in [0.25, 0.3) is 5.91 Å². The van der Waals surface area contributed by atoms with Gasteiger partial charge in [-0.3, -0.25) is 14.4 Å². The number of para-hydroxylation sites is 1. The topological polar surface area (TPSA) is 73.5 Å². The van der Waals surface area contributed by atoms with Crippen molar-refractivity contribution < 1.29 is 14.4 Å². The number of H-pyrrole nitrogens is 1. The summed E-state index contributed by atoms with van der Waals surface area (Å²) >= 11 is 1.55. The van der Waals surface area contributed by atoms with Gasteiger partial charge < -0.3 is 14.8 Å². The number of likely N-dealkylation sites (tertiary alicyclic amines) is 2. The molecule has 2 fully saturated rings. The Hall–Kier alpha value is -2.93. The number of ketones is 1. The minimum atomic E-state index is -0.424. The maximum Gasteiger partial charge on any atom is 0.264 e. The monoisotopic (exact) mass is 491 g/mol. The predicted molar refractivity (Wildman–Crippen MR) is 139 cm³/mol. The number of Topliss-reactive ketones (excluding diaryl/α,β-unsaturated/α-hetero) is 1. The van der Waals surface area contributed by atoms with Crippen LogP contribution in [0.1, 0.15) is 64.2 Å². The summed E-state index contributed by atoms with van der Waals surface area (Å²) < 4.78 is 0. The van der Waals surface area contributed by atoms with E-state index in [4.69, 9.17) is 0 Å². The third-order valence-electron chi connectivity index (χ3n) is 7.72. The Morgan fingerprint density at radius 2 is 1.74 bits per heavy atom. The van der Waals surface area contributed by atoms with Gasteiger partial charge in [0.2, 0.25) is 5.91 Å². The first-order chi connectivity index (χ1) is 16.5. The number of aromatic amines is 1. The molecule has 7 heteroatoms. The third-order valence-corrected chi connectivity index (χ3v) is 8.87. The van der Waals surface area contributed by atoms with Crippen LogP contribution in [0.4, 0.5) is 0 Å². The average Bonchev–Trinajstić information content (AvgIpc) is 3.58. The molecule has 2 aliphatic rings. The summed E-state index contributed by atoms with van der Waals surface area (Å²) in [5.41, 5.74) is 2.26. The fraction of sp³-hybridized carbons (Fsp3) is 0.464. The third kappa shape index (κ3) is 4.31. The van der Waals surface area contributed by atoms with Gasteiger partial charge in [0.1, 0.15) is 0 Å². The molecular formula is C28H33N3O3S. The van der Waals surface area contributed by atoms with Crippen LogP contribution in [0, 0.1) is 25.2 Å². The summed E-state index contributed by atoms with van der Waals surface area (Å²) in [7, 11) is 0. The van der Waals surface area contributed by atoms with E-state index in [0.29, 0.717) is 18.8 Å². The lowest BCUT2D eigenvalue weighted by atomic mass is 9.76. The van der Waals surface area contributed by atoms with Crippen molar-refractivity contribution in [3.63, 3.8) is 0 Å². The molecule has 184 valence electrons. The molecule has 2 bridgehead atoms. The molecular weight excluding hydrogens is 458 g/mol. The molecule has 0 aliphatic carbocycles. The Morgan fingerprint density at radius 1 is 1.06 bits per heavy atom. The highest BCUT2D eigenvalue weighted by atomic mass is 32.1. The molecule has 2 amide bonds. The molecule has 3 aromatic rings. The van der Waals surface area contributed by atoms with Crippen molar-refractivity contribution in [3.8, 4) is 0 Å². The number of carbonyl (C=O) groups is 3. The molecule has 5 rings (SSSR count). The van der Waals surface area contributed by atoms with Gasteiger partial charge in [-0.1, -0.05) is 39.0 Å². The second kappa shape index (κ2) is 8.63. The van der Waals surface area contributed by atoms with Crippen molar-refractivity contribution in [1.29, 1.82) is 0 Å². The first-order valence-corrected chi connectivity index (χ1v) is 13.1. The van der Waals surface area contributed by atoms with Crippen LogP contribution >= 0.6 is 11.3 Å². The van der Waals surface area contributed by atoms with Gasteiger partial charge in [0, 0.05) is 35.3 Å². The highest BCUT2D eigenvalue weighted by Crippen LogP contribution is 2.38. The smallest absolute Gasteiger partial charge is 0.264 e. The molecule has 2 saturated heterocycles. The minimum Gasteiger partial charge on any atom is -0.352 e. The van der Waals surface area contributed by atoms with E-state index in [9.17, 15) is 14.4 Å². The second-order valence-corrected chi connectivity index (χ2v) is 12.4. The highest BCUT2D eigenvalue weighted by molar-refractivity contribution is 7.14. The standard InChI is InChI=1S/C28H33N3O3S/c1-16-10-25(35-17(16)2)27(34)31-15-19-12-20(31)14-30(19)26(33)21(28(3,4)5)13-24(32)23-11-18-8-6-7-9-22(18)29-23/h6-11,19-21,29H,12-15H2,1-5H3/t19-,20-,21+/m0/s1. The van der Waals surface area contributed by atoms with Crippen molar-refractivity contribution >= 4 is 39.8 Å². The van der Waals surface area contributed by atoms with Crippen molar-refractivity contribution in [3.05, 3.63) is 57.4 Å². The van der Waals surface area contributed by atoms with Gasteiger partial charge in [-0.25, -0.2) is 0 Å². The number of aromatic nitrogens is 1. The molecule has 0 radical (unpaired) electrons.